The summed E-state index contributed by atoms with van der Waals surface area (Å²) in [5.74, 6) is 1.37. The minimum Gasteiger partial charge on any atom is -0.307 e. The Balaban J connectivity index is 1.21. The summed E-state index contributed by atoms with van der Waals surface area (Å²) in [6, 6.07) is 57.4. The Morgan fingerprint density at radius 2 is 0.952 bits per heavy atom. The number of para-hydroxylation sites is 3. The number of thiophene rings is 1. The molecule has 294 valence electrons. The highest BCUT2D eigenvalue weighted by atomic mass is 32.1. The molecule has 0 aliphatic rings. The van der Waals surface area contributed by atoms with Crippen LogP contribution in [0.3, 0.4) is 0 Å². The number of rotatable bonds is 6. The van der Waals surface area contributed by atoms with E-state index in [-0.39, 0.29) is 47.0 Å². The van der Waals surface area contributed by atoms with Crippen molar-refractivity contribution in [2.75, 3.05) is 0 Å². The molecule has 0 radical (unpaired) electrons. The first-order chi connectivity index (χ1) is 33.7. The molecule has 9 aromatic carbocycles. The molecule has 0 spiro atoms. The summed E-state index contributed by atoms with van der Waals surface area (Å²) in [5.41, 5.74) is 8.78. The first-order valence-electron chi connectivity index (χ1n) is 23.7. The van der Waals surface area contributed by atoms with Gasteiger partial charge in [-0.15, -0.1) is 11.3 Å². The summed E-state index contributed by atoms with van der Waals surface area (Å²) in [5, 5.41) is 4.75. The quantitative estimate of drug-likeness (QED) is 0.168. The van der Waals surface area contributed by atoms with Crippen LogP contribution in [0.2, 0.25) is 0 Å². The van der Waals surface area contributed by atoms with Crippen molar-refractivity contribution in [3.63, 3.8) is 0 Å². The summed E-state index contributed by atoms with van der Waals surface area (Å²) < 4.78 is 60.8. The average Bonchev–Trinajstić information content (AvgIpc) is 4.07. The van der Waals surface area contributed by atoms with Gasteiger partial charge in [0.2, 0.25) is 0 Å². The fourth-order valence-corrected chi connectivity index (χ4v) is 10.3. The minimum absolute atomic E-state index is 0.0511. The van der Waals surface area contributed by atoms with Crippen molar-refractivity contribution in [2.24, 2.45) is 0 Å². The van der Waals surface area contributed by atoms with E-state index in [0.717, 1.165) is 60.4 Å². The van der Waals surface area contributed by atoms with Crippen LogP contribution in [0.5, 0.6) is 0 Å². The van der Waals surface area contributed by atoms with Crippen LogP contribution in [0.4, 0.5) is 0 Å². The van der Waals surface area contributed by atoms with Crippen LogP contribution in [0.15, 0.2) is 212 Å². The number of aromatic nitrogens is 5. The molecule has 0 aliphatic heterocycles. The van der Waals surface area contributed by atoms with Crippen LogP contribution in [-0.2, 0) is 0 Å². The molecule has 0 bridgehead atoms. The van der Waals surface area contributed by atoms with E-state index >= 15 is 0 Å². The van der Waals surface area contributed by atoms with Gasteiger partial charge in [0.05, 0.1) is 36.0 Å². The van der Waals surface area contributed by atoms with Crippen LogP contribution >= 0.6 is 11.3 Å². The highest BCUT2D eigenvalue weighted by molar-refractivity contribution is 7.26. The summed E-state index contributed by atoms with van der Waals surface area (Å²) in [6.07, 6.45) is 0. The molecule has 5 nitrogen and oxygen atoms in total. The van der Waals surface area contributed by atoms with Gasteiger partial charge in [0.15, 0.2) is 17.5 Å². The molecule has 0 saturated heterocycles. The van der Waals surface area contributed by atoms with E-state index in [4.69, 9.17) is 19.1 Å². The summed E-state index contributed by atoms with van der Waals surface area (Å²) >= 11 is 1.22. The zero-order valence-electron chi connectivity index (χ0n) is 39.4. The Morgan fingerprint density at radius 3 is 1.62 bits per heavy atom. The zero-order valence-corrected chi connectivity index (χ0v) is 34.2. The van der Waals surface area contributed by atoms with Gasteiger partial charge >= 0.3 is 0 Å². The van der Waals surface area contributed by atoms with Crippen molar-refractivity contribution >= 4 is 75.1 Å². The predicted octanol–water partition coefficient (Wildman–Crippen LogP) is 15.1. The second-order valence-corrected chi connectivity index (χ2v) is 16.5. The van der Waals surface area contributed by atoms with Crippen LogP contribution in [-0.4, -0.2) is 24.1 Å². The summed E-state index contributed by atoms with van der Waals surface area (Å²) in [4.78, 5) is 15.2. The first-order valence-corrected chi connectivity index (χ1v) is 21.5. The number of fused-ring (bicyclic) bond motifs is 10. The molecule has 0 unspecified atom stereocenters. The normalized spacial score (nSPS) is 13.1. The number of nitrogens with zero attached hydrogens (tertiary/aromatic N) is 5. The van der Waals surface area contributed by atoms with Gasteiger partial charge in [-0.1, -0.05) is 164 Å². The van der Waals surface area contributed by atoms with Gasteiger partial charge in [-0.25, -0.2) is 15.0 Å². The topological polar surface area (TPSA) is 48.5 Å². The number of hydrogen-bond acceptors (Lipinski definition) is 4. The maximum Gasteiger partial charge on any atom is 0.164 e. The van der Waals surface area contributed by atoms with Crippen molar-refractivity contribution in [2.45, 2.75) is 0 Å². The molecular weight excluding hydrogens is 787 g/mol. The Bertz CT molecular complexity index is 4210. The monoisotopic (exact) mass is 827 g/mol. The lowest BCUT2D eigenvalue weighted by Crippen LogP contribution is -2.03. The van der Waals surface area contributed by atoms with Gasteiger partial charge in [-0.2, -0.15) is 0 Å². The van der Waals surface area contributed by atoms with E-state index in [1.807, 2.05) is 109 Å². The minimum atomic E-state index is -0.318. The fraction of sp³-hybridized carbons (Fsp3) is 0. The molecule has 4 heterocycles. The summed E-state index contributed by atoms with van der Waals surface area (Å²) in [7, 11) is 0. The van der Waals surface area contributed by atoms with E-state index in [1.165, 1.54) is 17.4 Å². The van der Waals surface area contributed by atoms with Crippen molar-refractivity contribution < 1.29 is 8.22 Å². The lowest BCUT2D eigenvalue weighted by molar-refractivity contribution is 1.07. The number of hydrogen-bond donors (Lipinski definition) is 0. The second-order valence-electron chi connectivity index (χ2n) is 15.5. The third-order valence-corrected chi connectivity index (χ3v) is 13.1. The molecular formula is C57H35N5S. The molecule has 0 atom stereocenters. The smallest absolute Gasteiger partial charge is 0.164 e. The third-order valence-electron chi connectivity index (χ3n) is 11.9. The van der Waals surface area contributed by atoms with Crippen molar-refractivity contribution in [1.29, 1.82) is 0 Å². The first kappa shape index (κ1) is 29.9. The molecule has 6 heteroatoms. The molecule has 13 rings (SSSR count). The Morgan fingerprint density at radius 1 is 0.397 bits per heavy atom. The summed E-state index contributed by atoms with van der Waals surface area (Å²) in [6.45, 7) is 0. The van der Waals surface area contributed by atoms with Crippen molar-refractivity contribution in [1.82, 2.24) is 24.1 Å². The molecule has 4 aromatic heterocycles. The van der Waals surface area contributed by atoms with Gasteiger partial charge in [-0.3, -0.25) is 0 Å². The van der Waals surface area contributed by atoms with Crippen molar-refractivity contribution in [3.8, 4) is 56.7 Å². The molecule has 63 heavy (non-hydrogen) atoms. The highest BCUT2D eigenvalue weighted by Crippen LogP contribution is 2.46. The fourth-order valence-electron chi connectivity index (χ4n) is 9.16. The van der Waals surface area contributed by atoms with E-state index in [0.29, 0.717) is 49.3 Å². The second kappa shape index (κ2) is 14.2. The van der Waals surface area contributed by atoms with Crippen molar-refractivity contribution in [3.05, 3.63) is 212 Å². The van der Waals surface area contributed by atoms with E-state index in [2.05, 4.69) is 69.8 Å². The maximum atomic E-state index is 9.86. The molecule has 0 N–H and O–H groups in total. The van der Waals surface area contributed by atoms with Crippen LogP contribution in [0, 0.1) is 0 Å². The van der Waals surface area contributed by atoms with E-state index in [1.54, 1.807) is 0 Å². The number of benzene rings is 9. The molecule has 0 fully saturated rings. The average molecular weight is 828 g/mol. The molecule has 0 aliphatic carbocycles. The molecule has 0 amide bonds. The van der Waals surface area contributed by atoms with Gasteiger partial charge in [0.25, 0.3) is 0 Å². The lowest BCUT2D eigenvalue weighted by Gasteiger charge is -2.18. The van der Waals surface area contributed by atoms with Crippen LogP contribution < -0.4 is 0 Å². The van der Waals surface area contributed by atoms with E-state index < -0.39 is 0 Å². The third kappa shape index (κ3) is 5.59. The molecule has 13 aromatic rings. The standard InChI is InChI=1S/C57H35N5S/c1-4-17-36(18-5-1)55-58-56(37-19-6-2-7-20-37)60-57(59-55)38-31-34-50(47(35-38)46-27-16-26-45-42-25-12-15-30-51(42)63-54(45)46)62-49-29-14-11-24-41(49)44-33-32-43-40-23-10-13-28-48(40)61(52(43)53(44)62)39-21-8-3-9-22-39/h1-35H/i12D,16D,25D,26D,27D,30D. The Kier molecular flexibility index (Phi) is 6.75. The van der Waals surface area contributed by atoms with Crippen LogP contribution in [0.1, 0.15) is 8.22 Å². The SMILES string of the molecule is [2H]c1cc([2H])c2sc3c(-c4cc(-c5nc(-c6ccccc6)nc(-c6ccccc6)n5)ccc4-n4c5ccccc5c5ccc6c7ccccc7n(-c7ccccc7)c6c54)c([2H])c([2H])c([2H])c3c2c1[2H]. The van der Waals surface area contributed by atoms with Gasteiger partial charge in [-0.05, 0) is 48.5 Å². The largest absolute Gasteiger partial charge is 0.307 e. The predicted molar refractivity (Wildman–Crippen MR) is 263 cm³/mol. The van der Waals surface area contributed by atoms with Gasteiger partial charge < -0.3 is 9.13 Å². The zero-order chi connectivity index (χ0) is 46.7. The Labute approximate surface area is 374 Å². The lowest BCUT2D eigenvalue weighted by atomic mass is 9.98. The van der Waals surface area contributed by atoms with Crippen LogP contribution in [0.25, 0.3) is 120 Å². The highest BCUT2D eigenvalue weighted by Gasteiger charge is 2.24. The van der Waals surface area contributed by atoms with Gasteiger partial charge in [0, 0.05) is 75.2 Å². The maximum absolute atomic E-state index is 9.86. The Hall–Kier alpha value is -8.19. The molecule has 0 saturated carbocycles. The van der Waals surface area contributed by atoms with E-state index in [9.17, 15) is 4.11 Å². The van der Waals surface area contributed by atoms with Gasteiger partial charge in [0.1, 0.15) is 0 Å².